The molecule has 2 heterocycles. The molecule has 268 valence electrons. The zero-order chi connectivity index (χ0) is 37.7. The number of carbonyl (C=O) groups is 2. The van der Waals surface area contributed by atoms with Gasteiger partial charge in [-0.3, -0.25) is 4.79 Å². The summed E-state index contributed by atoms with van der Waals surface area (Å²) in [5.41, 5.74) is 5.63. The summed E-state index contributed by atoms with van der Waals surface area (Å²) in [6.45, 7) is 7.39. The molecule has 1 amide bonds. The summed E-state index contributed by atoms with van der Waals surface area (Å²) in [7, 11) is 0. The fraction of sp³-hybridized carbons (Fsp3) is 0.136. The number of benzene rings is 5. The van der Waals surface area contributed by atoms with Gasteiger partial charge in [-0.05, 0) is 57.2 Å². The highest BCUT2D eigenvalue weighted by molar-refractivity contribution is 6.05. The average Bonchev–Trinajstić information content (AvgIpc) is 3.82. The minimum absolute atomic E-state index is 0.0488. The molecular weight excluding hydrogens is 675 g/mol. The van der Waals surface area contributed by atoms with Crippen molar-refractivity contribution in [1.29, 1.82) is 0 Å². The van der Waals surface area contributed by atoms with E-state index in [1.165, 1.54) is 0 Å². The standard InChI is InChI=1S/C44H39N7O3/c1-4-16-38-45-40(46-42(52)30(2)3)39(43(53)54)50(38)29-31-25-27-32(28-26-31)36-23-14-15-24-37(36)41-47-48-49-51(41)44(33-17-8-5-9-18-33,34-19-10-6-11-20-34)35-21-12-7-13-22-35/h5-15,17-28H,2,4,16,29H2,1,3H3,(H,46,52)(H,53,54)/p-1. The van der Waals surface area contributed by atoms with Crippen LogP contribution in [0.2, 0.25) is 0 Å². The first-order valence-electron chi connectivity index (χ1n) is 17.7. The van der Waals surface area contributed by atoms with E-state index in [2.05, 4.69) is 63.6 Å². The predicted molar refractivity (Wildman–Crippen MR) is 206 cm³/mol. The van der Waals surface area contributed by atoms with Gasteiger partial charge in [0.15, 0.2) is 11.6 Å². The Bertz CT molecular complexity index is 2320. The molecule has 0 saturated heterocycles. The van der Waals surface area contributed by atoms with Crippen molar-refractivity contribution in [2.24, 2.45) is 0 Å². The highest BCUT2D eigenvalue weighted by Crippen LogP contribution is 2.43. The van der Waals surface area contributed by atoms with Gasteiger partial charge < -0.3 is 19.8 Å². The lowest BCUT2D eigenvalue weighted by Crippen LogP contribution is -2.39. The van der Waals surface area contributed by atoms with Crippen LogP contribution in [0.4, 0.5) is 5.82 Å². The van der Waals surface area contributed by atoms with Crippen LogP contribution in [0.5, 0.6) is 0 Å². The van der Waals surface area contributed by atoms with Crippen LogP contribution in [0.3, 0.4) is 0 Å². The van der Waals surface area contributed by atoms with E-state index in [1.807, 2.05) is 115 Å². The van der Waals surface area contributed by atoms with E-state index in [0.717, 1.165) is 45.4 Å². The number of nitrogens with zero attached hydrogens (tertiary/aromatic N) is 6. The minimum Gasteiger partial charge on any atom is -0.543 e. The number of carbonyl (C=O) groups excluding carboxylic acids is 2. The van der Waals surface area contributed by atoms with Crippen LogP contribution in [0, 0.1) is 0 Å². The molecule has 7 rings (SSSR count). The number of carboxylic acid groups (broad SMARTS) is 1. The van der Waals surface area contributed by atoms with Gasteiger partial charge >= 0.3 is 0 Å². The molecule has 0 aliphatic heterocycles. The highest BCUT2D eigenvalue weighted by Gasteiger charge is 2.42. The maximum Gasteiger partial charge on any atom is 0.251 e. The second-order valence-corrected chi connectivity index (χ2v) is 13.0. The number of aromatic nitrogens is 6. The van der Waals surface area contributed by atoms with Gasteiger partial charge in [0.05, 0.1) is 5.97 Å². The van der Waals surface area contributed by atoms with E-state index in [0.29, 0.717) is 18.1 Å². The molecule has 0 unspecified atom stereocenters. The first-order chi connectivity index (χ1) is 26.3. The third-order valence-corrected chi connectivity index (χ3v) is 9.47. The van der Waals surface area contributed by atoms with Crippen molar-refractivity contribution >= 4 is 17.7 Å². The Morgan fingerprint density at radius 1 is 0.759 bits per heavy atom. The Kier molecular flexibility index (Phi) is 10.1. The number of rotatable bonds is 13. The molecule has 0 fully saturated rings. The fourth-order valence-electron chi connectivity index (χ4n) is 6.98. The molecule has 0 aliphatic rings. The first kappa shape index (κ1) is 35.5. The molecule has 0 spiro atoms. The number of anilines is 1. The van der Waals surface area contributed by atoms with Crippen molar-refractivity contribution in [2.75, 3.05) is 5.32 Å². The van der Waals surface area contributed by atoms with E-state index >= 15 is 0 Å². The third-order valence-electron chi connectivity index (χ3n) is 9.47. The van der Waals surface area contributed by atoms with E-state index in [-0.39, 0.29) is 23.6 Å². The van der Waals surface area contributed by atoms with Gasteiger partial charge in [0, 0.05) is 24.1 Å². The van der Waals surface area contributed by atoms with Gasteiger partial charge in [-0.15, -0.1) is 5.10 Å². The van der Waals surface area contributed by atoms with Crippen molar-refractivity contribution in [3.8, 4) is 22.5 Å². The summed E-state index contributed by atoms with van der Waals surface area (Å²) in [5, 5.41) is 28.7. The Balaban J connectivity index is 1.32. The Morgan fingerprint density at radius 3 is 1.81 bits per heavy atom. The third kappa shape index (κ3) is 6.61. The molecule has 0 saturated carbocycles. The van der Waals surface area contributed by atoms with Gasteiger partial charge in [-0.25, -0.2) is 9.67 Å². The lowest BCUT2D eigenvalue weighted by molar-refractivity contribution is -0.255. The molecule has 0 atom stereocenters. The van der Waals surface area contributed by atoms with E-state index in [4.69, 9.17) is 5.21 Å². The highest BCUT2D eigenvalue weighted by atomic mass is 16.4. The number of hydrogen-bond donors (Lipinski definition) is 1. The number of aromatic carboxylic acids is 1. The number of amides is 1. The number of carboxylic acids is 1. The topological polar surface area (TPSA) is 131 Å². The average molecular weight is 713 g/mol. The largest absolute Gasteiger partial charge is 0.543 e. The van der Waals surface area contributed by atoms with E-state index < -0.39 is 17.4 Å². The molecule has 0 radical (unpaired) electrons. The summed E-state index contributed by atoms with van der Waals surface area (Å²) in [4.78, 5) is 29.3. The van der Waals surface area contributed by atoms with Gasteiger partial charge in [0.2, 0.25) is 0 Å². The number of hydrogen-bond acceptors (Lipinski definition) is 7. The van der Waals surface area contributed by atoms with Crippen molar-refractivity contribution in [1.82, 2.24) is 29.8 Å². The van der Waals surface area contributed by atoms with Crippen molar-refractivity contribution in [3.63, 3.8) is 0 Å². The van der Waals surface area contributed by atoms with Crippen LogP contribution in [0.15, 0.2) is 152 Å². The van der Waals surface area contributed by atoms with Gasteiger partial charge in [0.1, 0.15) is 17.1 Å². The number of nitrogens with one attached hydrogen (secondary N) is 1. The molecule has 1 N–H and O–H groups in total. The number of aryl methyl sites for hydroxylation is 1. The first-order valence-corrected chi connectivity index (χ1v) is 17.7. The second-order valence-electron chi connectivity index (χ2n) is 13.0. The summed E-state index contributed by atoms with van der Waals surface area (Å²) in [6.07, 6.45) is 1.24. The molecular formula is C44H38N7O3-. The summed E-state index contributed by atoms with van der Waals surface area (Å²) in [5.74, 6) is -0.867. The number of imidazole rings is 1. The van der Waals surface area contributed by atoms with Gasteiger partial charge in [-0.1, -0.05) is 153 Å². The predicted octanol–water partition coefficient (Wildman–Crippen LogP) is 6.92. The van der Waals surface area contributed by atoms with Crippen LogP contribution in [0.25, 0.3) is 22.5 Å². The quantitative estimate of drug-likeness (QED) is 0.101. The molecule has 0 bridgehead atoms. The lowest BCUT2D eigenvalue weighted by atomic mass is 9.77. The fourth-order valence-corrected chi connectivity index (χ4v) is 6.98. The smallest absolute Gasteiger partial charge is 0.251 e. The molecule has 10 heteroatoms. The monoisotopic (exact) mass is 712 g/mol. The lowest BCUT2D eigenvalue weighted by Gasteiger charge is -2.36. The molecule has 0 aliphatic carbocycles. The van der Waals surface area contributed by atoms with Crippen LogP contribution in [0.1, 0.15) is 58.8 Å². The Hall–Kier alpha value is -6.94. The molecule has 10 nitrogen and oxygen atoms in total. The van der Waals surface area contributed by atoms with Crippen LogP contribution < -0.4 is 10.4 Å². The second kappa shape index (κ2) is 15.3. The maximum atomic E-state index is 12.4. The van der Waals surface area contributed by atoms with Crippen LogP contribution in [-0.4, -0.2) is 41.6 Å². The summed E-state index contributed by atoms with van der Waals surface area (Å²) < 4.78 is 3.51. The van der Waals surface area contributed by atoms with Crippen molar-refractivity contribution < 1.29 is 14.7 Å². The van der Waals surface area contributed by atoms with Gasteiger partial charge in [0.25, 0.3) is 5.91 Å². The molecule has 5 aromatic carbocycles. The maximum absolute atomic E-state index is 12.4. The summed E-state index contributed by atoms with van der Waals surface area (Å²) >= 11 is 0. The minimum atomic E-state index is -1.43. The van der Waals surface area contributed by atoms with Crippen LogP contribution >= 0.6 is 0 Å². The normalized spacial score (nSPS) is 11.3. The van der Waals surface area contributed by atoms with Gasteiger partial charge in [-0.2, -0.15) is 0 Å². The molecule has 2 aromatic heterocycles. The SMILES string of the molecule is C=C(C)C(=O)Nc1nc(CCC)n(Cc2ccc(-c3ccccc3-c3nnnn3C(c3ccccc3)(c3ccccc3)c3ccccc3)cc2)c1C(=O)[O-]. The van der Waals surface area contributed by atoms with Crippen LogP contribution in [-0.2, 0) is 23.3 Å². The Labute approximate surface area is 313 Å². The Morgan fingerprint density at radius 2 is 1.30 bits per heavy atom. The van der Waals surface area contributed by atoms with Crippen molar-refractivity contribution in [3.05, 3.63) is 185 Å². The van der Waals surface area contributed by atoms with Crippen molar-refractivity contribution in [2.45, 2.75) is 38.8 Å². The molecule has 7 aromatic rings. The summed E-state index contributed by atoms with van der Waals surface area (Å²) in [6, 6.07) is 46.7. The zero-order valence-corrected chi connectivity index (χ0v) is 30.0. The van der Waals surface area contributed by atoms with E-state index in [1.54, 1.807) is 11.5 Å². The van der Waals surface area contributed by atoms with E-state index in [9.17, 15) is 14.7 Å². The zero-order valence-electron chi connectivity index (χ0n) is 30.0. The number of tetrazole rings is 1. The molecule has 54 heavy (non-hydrogen) atoms.